The van der Waals surface area contributed by atoms with Gasteiger partial charge in [-0.3, -0.25) is 14.5 Å². The highest BCUT2D eigenvalue weighted by Gasteiger charge is 2.31. The Balaban J connectivity index is 0.00000288. The van der Waals surface area contributed by atoms with Gasteiger partial charge in [-0.2, -0.15) is 0 Å². The molecule has 0 aliphatic carbocycles. The van der Waals surface area contributed by atoms with Crippen molar-refractivity contribution >= 4 is 24.2 Å². The number of carbonyl (C=O) groups is 2. The molecule has 0 saturated carbocycles. The molecule has 0 radical (unpaired) electrons. The van der Waals surface area contributed by atoms with Crippen LogP contribution in [-0.4, -0.2) is 84.9 Å². The van der Waals surface area contributed by atoms with Crippen LogP contribution in [0.25, 0.3) is 0 Å². The fraction of sp³-hybridized carbons (Fsp3) is 0.882. The number of nitrogens with one attached hydrogen (secondary N) is 1. The largest absolute Gasteiger partial charge is 0.339 e. The first kappa shape index (κ1) is 21.2. The predicted octanol–water partition coefficient (Wildman–Crippen LogP) is 0.809. The van der Waals surface area contributed by atoms with Crippen LogP contribution in [0.4, 0.5) is 0 Å². The fourth-order valence-corrected chi connectivity index (χ4v) is 3.53. The summed E-state index contributed by atoms with van der Waals surface area (Å²) in [5.74, 6) is 0.634. The molecule has 7 heteroatoms. The van der Waals surface area contributed by atoms with Crippen molar-refractivity contribution in [3.63, 3.8) is 0 Å². The van der Waals surface area contributed by atoms with Crippen molar-refractivity contribution in [3.8, 4) is 0 Å². The smallest absolute Gasteiger partial charge is 0.236 e. The van der Waals surface area contributed by atoms with E-state index in [1.807, 2.05) is 9.80 Å². The molecule has 0 aromatic rings. The van der Waals surface area contributed by atoms with Crippen molar-refractivity contribution in [1.29, 1.82) is 0 Å². The van der Waals surface area contributed by atoms with Crippen molar-refractivity contribution in [3.05, 3.63) is 0 Å². The number of hydrogen-bond donors (Lipinski definition) is 1. The van der Waals surface area contributed by atoms with Gasteiger partial charge in [0.15, 0.2) is 0 Å². The van der Waals surface area contributed by atoms with Crippen LogP contribution in [0.3, 0.4) is 0 Å². The number of hydrogen-bond acceptors (Lipinski definition) is 4. The molecule has 0 aromatic carbocycles. The van der Waals surface area contributed by atoms with Gasteiger partial charge in [0.2, 0.25) is 11.8 Å². The number of halogens is 1. The zero-order valence-electron chi connectivity index (χ0n) is 15.3. The second kappa shape index (κ2) is 10.2. The number of piperidine rings is 1. The highest BCUT2D eigenvalue weighted by Crippen LogP contribution is 2.19. The van der Waals surface area contributed by atoms with Crippen LogP contribution in [0.5, 0.6) is 0 Å². The Labute approximate surface area is 152 Å². The predicted molar refractivity (Wildman–Crippen MR) is 98.4 cm³/mol. The van der Waals surface area contributed by atoms with Crippen molar-refractivity contribution in [2.24, 2.45) is 5.92 Å². The minimum absolute atomic E-state index is 0. The lowest BCUT2D eigenvalue weighted by Gasteiger charge is -2.38. The molecule has 2 amide bonds. The topological polar surface area (TPSA) is 55.9 Å². The molecule has 2 rings (SSSR count). The summed E-state index contributed by atoms with van der Waals surface area (Å²) in [6, 6.07) is 0.426. The first-order valence-corrected chi connectivity index (χ1v) is 9.07. The highest BCUT2D eigenvalue weighted by atomic mass is 35.5. The quantitative estimate of drug-likeness (QED) is 0.788. The van der Waals surface area contributed by atoms with E-state index >= 15 is 0 Å². The van der Waals surface area contributed by atoms with Crippen LogP contribution < -0.4 is 5.32 Å². The van der Waals surface area contributed by atoms with E-state index in [9.17, 15) is 9.59 Å². The first-order valence-electron chi connectivity index (χ1n) is 9.07. The zero-order chi connectivity index (χ0) is 16.8. The number of rotatable bonds is 5. The number of amides is 2. The van der Waals surface area contributed by atoms with E-state index < -0.39 is 0 Å². The molecule has 24 heavy (non-hydrogen) atoms. The number of carbonyl (C=O) groups excluding carboxylic acids is 2. The van der Waals surface area contributed by atoms with Gasteiger partial charge < -0.3 is 15.1 Å². The molecule has 0 spiro atoms. The summed E-state index contributed by atoms with van der Waals surface area (Å²) in [5.41, 5.74) is 0. The maximum atomic E-state index is 12.6. The monoisotopic (exact) mass is 360 g/mol. The van der Waals surface area contributed by atoms with Gasteiger partial charge in [0.1, 0.15) is 0 Å². The van der Waals surface area contributed by atoms with Crippen molar-refractivity contribution in [2.45, 2.75) is 39.7 Å². The Kier molecular flexibility index (Phi) is 9.02. The molecule has 0 bridgehead atoms. The molecule has 2 aliphatic heterocycles. The molecule has 2 atom stereocenters. The van der Waals surface area contributed by atoms with E-state index in [1.54, 1.807) is 0 Å². The van der Waals surface area contributed by atoms with Crippen LogP contribution in [0, 0.1) is 5.92 Å². The lowest BCUT2D eigenvalue weighted by molar-refractivity contribution is -0.143. The minimum Gasteiger partial charge on any atom is -0.339 e. The average Bonchev–Trinajstić information content (AvgIpc) is 2.59. The molecule has 6 nitrogen and oxygen atoms in total. The van der Waals surface area contributed by atoms with Gasteiger partial charge in [-0.15, -0.1) is 12.4 Å². The van der Waals surface area contributed by atoms with E-state index in [-0.39, 0.29) is 30.1 Å². The van der Waals surface area contributed by atoms with Crippen LogP contribution in [0.15, 0.2) is 0 Å². The molecule has 2 saturated heterocycles. The van der Waals surface area contributed by atoms with Gasteiger partial charge >= 0.3 is 0 Å². The standard InChI is InChI=1S/C17H32N4O2.ClH/c1-4-19(5-2)13-16(22)20-8-10-21(11-9-20)17(23)15-6-7-18-14(3)12-15;/h14-15,18H,4-13H2,1-3H3;1H/t14-,15-;/m0./s1. The molecule has 2 heterocycles. The first-order chi connectivity index (χ1) is 11.0. The lowest BCUT2D eigenvalue weighted by atomic mass is 9.92. The van der Waals surface area contributed by atoms with E-state index in [0.717, 1.165) is 32.5 Å². The van der Waals surface area contributed by atoms with Gasteiger partial charge in [0.25, 0.3) is 0 Å². The normalized spacial score (nSPS) is 24.7. The fourth-order valence-electron chi connectivity index (χ4n) is 3.53. The Morgan fingerprint density at radius 2 is 1.67 bits per heavy atom. The van der Waals surface area contributed by atoms with E-state index in [4.69, 9.17) is 0 Å². The van der Waals surface area contributed by atoms with Crippen LogP contribution in [-0.2, 0) is 9.59 Å². The Morgan fingerprint density at radius 3 is 2.21 bits per heavy atom. The van der Waals surface area contributed by atoms with Crippen molar-refractivity contribution in [1.82, 2.24) is 20.0 Å². The summed E-state index contributed by atoms with van der Waals surface area (Å²) >= 11 is 0. The van der Waals surface area contributed by atoms with Crippen LogP contribution >= 0.6 is 12.4 Å². The summed E-state index contributed by atoms with van der Waals surface area (Å²) in [5, 5.41) is 3.39. The molecular formula is C17H33ClN4O2. The third kappa shape index (κ3) is 5.60. The number of likely N-dealkylation sites (N-methyl/N-ethyl adjacent to an activating group) is 1. The maximum absolute atomic E-state index is 12.6. The molecule has 2 aliphatic rings. The van der Waals surface area contributed by atoms with Crippen LogP contribution in [0.1, 0.15) is 33.6 Å². The van der Waals surface area contributed by atoms with Gasteiger partial charge in [-0.1, -0.05) is 13.8 Å². The third-order valence-corrected chi connectivity index (χ3v) is 5.17. The van der Waals surface area contributed by atoms with Gasteiger partial charge in [-0.05, 0) is 39.4 Å². The molecule has 0 aromatic heterocycles. The van der Waals surface area contributed by atoms with Gasteiger partial charge in [-0.25, -0.2) is 0 Å². The minimum atomic E-state index is 0. The molecular weight excluding hydrogens is 328 g/mol. The zero-order valence-corrected chi connectivity index (χ0v) is 16.1. The Bertz CT molecular complexity index is 409. The van der Waals surface area contributed by atoms with E-state index in [1.165, 1.54) is 0 Å². The van der Waals surface area contributed by atoms with Crippen LogP contribution in [0.2, 0.25) is 0 Å². The second-order valence-electron chi connectivity index (χ2n) is 6.74. The van der Waals surface area contributed by atoms with Gasteiger partial charge in [0, 0.05) is 38.1 Å². The van der Waals surface area contributed by atoms with E-state index in [0.29, 0.717) is 38.8 Å². The molecule has 140 valence electrons. The third-order valence-electron chi connectivity index (χ3n) is 5.17. The van der Waals surface area contributed by atoms with E-state index in [2.05, 4.69) is 31.0 Å². The summed E-state index contributed by atoms with van der Waals surface area (Å²) < 4.78 is 0. The molecule has 2 fully saturated rings. The summed E-state index contributed by atoms with van der Waals surface area (Å²) in [7, 11) is 0. The van der Waals surface area contributed by atoms with Gasteiger partial charge in [0.05, 0.1) is 6.54 Å². The average molecular weight is 361 g/mol. The Morgan fingerprint density at radius 1 is 1.08 bits per heavy atom. The summed E-state index contributed by atoms with van der Waals surface area (Å²) in [6.07, 6.45) is 1.87. The number of piperazine rings is 1. The second-order valence-corrected chi connectivity index (χ2v) is 6.74. The summed E-state index contributed by atoms with van der Waals surface area (Å²) in [6.45, 7) is 12.2. The summed E-state index contributed by atoms with van der Waals surface area (Å²) in [4.78, 5) is 31.0. The maximum Gasteiger partial charge on any atom is 0.236 e. The van der Waals surface area contributed by atoms with Crippen molar-refractivity contribution in [2.75, 3.05) is 52.4 Å². The molecule has 0 unspecified atom stereocenters. The Hall–Kier alpha value is -0.850. The lowest BCUT2D eigenvalue weighted by Crippen LogP contribution is -2.54. The van der Waals surface area contributed by atoms with Crippen molar-refractivity contribution < 1.29 is 9.59 Å². The number of nitrogens with zero attached hydrogens (tertiary/aromatic N) is 3. The highest BCUT2D eigenvalue weighted by molar-refractivity contribution is 5.85. The molecule has 1 N–H and O–H groups in total. The SMILES string of the molecule is CCN(CC)CC(=O)N1CCN(C(=O)[C@H]2CCN[C@@H](C)C2)CC1.Cl.